The molecule has 0 saturated carbocycles. The first kappa shape index (κ1) is 15.6. The van der Waals surface area contributed by atoms with Crippen molar-refractivity contribution in [2.75, 3.05) is 36.8 Å². The van der Waals surface area contributed by atoms with E-state index in [0.717, 1.165) is 32.2 Å². The van der Waals surface area contributed by atoms with Crippen molar-refractivity contribution >= 4 is 11.6 Å². The Morgan fingerprint density at radius 3 is 2.43 bits per heavy atom. The van der Waals surface area contributed by atoms with Crippen LogP contribution in [0.4, 0.5) is 20.4 Å². The molecule has 1 atom stereocenters. The molecule has 1 aliphatic heterocycles. The minimum absolute atomic E-state index is 0.114. The van der Waals surface area contributed by atoms with Crippen LogP contribution in [-0.4, -0.2) is 41.0 Å². The zero-order chi connectivity index (χ0) is 16.4. The number of nitrogens with two attached hydrogens (primary N) is 1. The van der Waals surface area contributed by atoms with Crippen molar-refractivity contribution < 1.29 is 8.78 Å². The van der Waals surface area contributed by atoms with Crippen LogP contribution in [0.2, 0.25) is 0 Å². The second kappa shape index (κ2) is 6.45. The van der Waals surface area contributed by atoms with Crippen molar-refractivity contribution in [2.24, 2.45) is 0 Å². The van der Waals surface area contributed by atoms with Gasteiger partial charge in [-0.1, -0.05) is 6.07 Å². The second-order valence-electron chi connectivity index (χ2n) is 5.63. The highest BCUT2D eigenvalue weighted by atomic mass is 19.1. The van der Waals surface area contributed by atoms with Gasteiger partial charge in [-0.25, -0.2) is 18.7 Å². The first-order valence-corrected chi connectivity index (χ1v) is 7.56. The number of benzene rings is 1. The Morgan fingerprint density at radius 1 is 1.09 bits per heavy atom. The van der Waals surface area contributed by atoms with Gasteiger partial charge >= 0.3 is 0 Å². The summed E-state index contributed by atoms with van der Waals surface area (Å²) in [5.74, 6) is 0.0471. The Kier molecular flexibility index (Phi) is 4.38. The predicted molar refractivity (Wildman–Crippen MR) is 85.0 cm³/mol. The highest BCUT2D eigenvalue weighted by Crippen LogP contribution is 2.26. The lowest BCUT2D eigenvalue weighted by Crippen LogP contribution is -2.47. The number of halogens is 2. The number of rotatable bonds is 3. The van der Waals surface area contributed by atoms with Crippen LogP contribution in [0.25, 0.3) is 0 Å². The Morgan fingerprint density at radius 2 is 1.78 bits per heavy atom. The predicted octanol–water partition coefficient (Wildman–Crippen LogP) is 2.22. The zero-order valence-electron chi connectivity index (χ0n) is 12.9. The number of aromatic nitrogens is 2. The van der Waals surface area contributed by atoms with E-state index in [2.05, 4.69) is 19.8 Å². The van der Waals surface area contributed by atoms with Crippen LogP contribution < -0.4 is 10.6 Å². The maximum absolute atomic E-state index is 13.9. The van der Waals surface area contributed by atoms with Crippen molar-refractivity contribution in [1.82, 2.24) is 14.9 Å². The molecule has 0 radical (unpaired) electrons. The van der Waals surface area contributed by atoms with Crippen LogP contribution in [0.3, 0.4) is 0 Å². The topological polar surface area (TPSA) is 58.3 Å². The van der Waals surface area contributed by atoms with Gasteiger partial charge in [-0.15, -0.1) is 0 Å². The van der Waals surface area contributed by atoms with Crippen LogP contribution >= 0.6 is 0 Å². The molecule has 2 aromatic rings. The van der Waals surface area contributed by atoms with E-state index in [1.165, 1.54) is 12.1 Å². The summed E-state index contributed by atoms with van der Waals surface area (Å²) >= 11 is 0. The summed E-state index contributed by atoms with van der Waals surface area (Å²) in [6.07, 6.45) is 3.18. The van der Waals surface area contributed by atoms with Crippen molar-refractivity contribution in [1.29, 1.82) is 0 Å². The van der Waals surface area contributed by atoms with Gasteiger partial charge < -0.3 is 10.6 Å². The summed E-state index contributed by atoms with van der Waals surface area (Å²) in [5, 5.41) is 0. The smallest absolute Gasteiger partial charge is 0.171 e. The van der Waals surface area contributed by atoms with Crippen LogP contribution in [0.15, 0.2) is 30.6 Å². The summed E-state index contributed by atoms with van der Waals surface area (Å²) in [5.41, 5.74) is 6.37. The first-order chi connectivity index (χ1) is 11.1. The number of nitrogen functional groups attached to an aromatic ring is 1. The van der Waals surface area contributed by atoms with Gasteiger partial charge in [-0.3, -0.25) is 4.90 Å². The standard InChI is InChI=1S/C16H19F2N5/c1-11(13-3-2-12(17)10-14(13)18)22-6-8-23(9-7-22)16-15(19)20-4-5-21-16/h2-5,10-11H,6-9H2,1H3,(H2,19,20)/t11-/m0/s1. The van der Waals surface area contributed by atoms with Gasteiger partial charge in [-0.05, 0) is 13.0 Å². The maximum Gasteiger partial charge on any atom is 0.171 e. The molecule has 1 fully saturated rings. The number of hydrogen-bond donors (Lipinski definition) is 1. The van der Waals surface area contributed by atoms with Crippen molar-refractivity contribution in [3.63, 3.8) is 0 Å². The van der Waals surface area contributed by atoms with E-state index in [4.69, 9.17) is 5.73 Å². The summed E-state index contributed by atoms with van der Waals surface area (Å²) in [4.78, 5) is 12.6. The molecule has 1 aromatic heterocycles. The maximum atomic E-state index is 13.9. The number of piperazine rings is 1. The van der Waals surface area contributed by atoms with E-state index in [9.17, 15) is 8.78 Å². The highest BCUT2D eigenvalue weighted by molar-refractivity contribution is 5.57. The average Bonchev–Trinajstić information content (AvgIpc) is 2.55. The van der Waals surface area contributed by atoms with Gasteiger partial charge in [0.05, 0.1) is 0 Å². The summed E-state index contributed by atoms with van der Waals surface area (Å²) in [6.45, 7) is 4.89. The van der Waals surface area contributed by atoms with Gasteiger partial charge in [0, 0.05) is 56.2 Å². The summed E-state index contributed by atoms with van der Waals surface area (Å²) < 4.78 is 27.0. The molecular weight excluding hydrogens is 300 g/mol. The monoisotopic (exact) mass is 319 g/mol. The lowest BCUT2D eigenvalue weighted by Gasteiger charge is -2.38. The molecule has 5 nitrogen and oxygen atoms in total. The third-order valence-electron chi connectivity index (χ3n) is 4.28. The molecule has 2 heterocycles. The fourth-order valence-corrected chi connectivity index (χ4v) is 2.94. The summed E-state index contributed by atoms with van der Waals surface area (Å²) in [7, 11) is 0. The normalized spacial score (nSPS) is 17.3. The largest absolute Gasteiger partial charge is 0.381 e. The Labute approximate surface area is 133 Å². The van der Waals surface area contributed by atoms with Crippen LogP contribution in [0, 0.1) is 11.6 Å². The van der Waals surface area contributed by atoms with Crippen LogP contribution in [-0.2, 0) is 0 Å². The molecule has 23 heavy (non-hydrogen) atoms. The molecule has 1 saturated heterocycles. The van der Waals surface area contributed by atoms with Gasteiger partial charge in [0.2, 0.25) is 0 Å². The SMILES string of the molecule is C[C@@H](c1ccc(F)cc1F)N1CCN(c2nccnc2N)CC1. The minimum atomic E-state index is -0.554. The Balaban J connectivity index is 1.68. The van der Waals surface area contributed by atoms with E-state index >= 15 is 0 Å². The Bertz CT molecular complexity index is 686. The molecule has 7 heteroatoms. The molecule has 122 valence electrons. The van der Waals surface area contributed by atoms with E-state index in [1.807, 2.05) is 6.92 Å². The molecule has 0 unspecified atom stereocenters. The van der Waals surface area contributed by atoms with E-state index in [-0.39, 0.29) is 6.04 Å². The van der Waals surface area contributed by atoms with E-state index in [1.54, 1.807) is 12.4 Å². The molecule has 0 amide bonds. The van der Waals surface area contributed by atoms with Crippen molar-refractivity contribution in [3.05, 3.63) is 47.8 Å². The highest BCUT2D eigenvalue weighted by Gasteiger charge is 2.25. The molecule has 1 aromatic carbocycles. The lowest BCUT2D eigenvalue weighted by atomic mass is 10.1. The third-order valence-corrected chi connectivity index (χ3v) is 4.28. The van der Waals surface area contributed by atoms with Gasteiger partial charge in [0.1, 0.15) is 11.6 Å². The zero-order valence-corrected chi connectivity index (χ0v) is 12.9. The minimum Gasteiger partial charge on any atom is -0.381 e. The van der Waals surface area contributed by atoms with Crippen LogP contribution in [0.1, 0.15) is 18.5 Å². The van der Waals surface area contributed by atoms with Gasteiger partial charge in [0.15, 0.2) is 11.6 Å². The van der Waals surface area contributed by atoms with Gasteiger partial charge in [0.25, 0.3) is 0 Å². The first-order valence-electron chi connectivity index (χ1n) is 7.56. The summed E-state index contributed by atoms with van der Waals surface area (Å²) in [6, 6.07) is 3.63. The number of anilines is 2. The molecular formula is C16H19F2N5. The molecule has 2 N–H and O–H groups in total. The average molecular weight is 319 g/mol. The number of nitrogens with zero attached hydrogens (tertiary/aromatic N) is 4. The van der Waals surface area contributed by atoms with Gasteiger partial charge in [-0.2, -0.15) is 0 Å². The fourth-order valence-electron chi connectivity index (χ4n) is 2.94. The molecule has 1 aliphatic rings. The van der Waals surface area contributed by atoms with Crippen molar-refractivity contribution in [2.45, 2.75) is 13.0 Å². The van der Waals surface area contributed by atoms with E-state index in [0.29, 0.717) is 17.2 Å². The fraction of sp³-hybridized carbons (Fsp3) is 0.375. The van der Waals surface area contributed by atoms with Crippen molar-refractivity contribution in [3.8, 4) is 0 Å². The molecule has 0 spiro atoms. The molecule has 0 aliphatic carbocycles. The quantitative estimate of drug-likeness (QED) is 0.940. The van der Waals surface area contributed by atoms with E-state index < -0.39 is 11.6 Å². The Hall–Kier alpha value is -2.28. The third kappa shape index (κ3) is 3.24. The molecule has 0 bridgehead atoms. The molecule has 3 rings (SSSR count). The number of hydrogen-bond acceptors (Lipinski definition) is 5. The second-order valence-corrected chi connectivity index (χ2v) is 5.63. The lowest BCUT2D eigenvalue weighted by molar-refractivity contribution is 0.194. The van der Waals surface area contributed by atoms with Crippen LogP contribution in [0.5, 0.6) is 0 Å².